The predicted octanol–water partition coefficient (Wildman–Crippen LogP) is 2.51. The SMILES string of the molecule is Cc1ccc(-c2cccc(C(N)=O)c2CN2CCN(C)CC2)cc1. The number of piperazine rings is 1. The largest absolute Gasteiger partial charge is 0.366 e. The zero-order valence-corrected chi connectivity index (χ0v) is 14.5. The molecule has 1 aliphatic heterocycles. The standard InChI is InChI=1S/C20H25N3O/c1-15-6-8-16(9-7-15)17-4-3-5-18(20(21)24)19(17)14-23-12-10-22(2)11-13-23/h3-9H,10-14H2,1-2H3,(H2,21,24). The topological polar surface area (TPSA) is 49.6 Å². The number of likely N-dealkylation sites (N-methyl/N-ethyl adjacent to an activating group) is 1. The van der Waals surface area contributed by atoms with E-state index in [1.54, 1.807) is 0 Å². The number of carbonyl (C=O) groups is 1. The van der Waals surface area contributed by atoms with Crippen LogP contribution in [0.15, 0.2) is 42.5 Å². The van der Waals surface area contributed by atoms with Crippen molar-refractivity contribution >= 4 is 5.91 Å². The van der Waals surface area contributed by atoms with Crippen molar-refractivity contribution in [3.05, 3.63) is 59.2 Å². The first-order valence-electron chi connectivity index (χ1n) is 8.44. The summed E-state index contributed by atoms with van der Waals surface area (Å²) in [6, 6.07) is 14.3. The molecule has 2 aromatic carbocycles. The molecule has 4 heteroatoms. The number of amides is 1. The van der Waals surface area contributed by atoms with E-state index >= 15 is 0 Å². The molecule has 0 radical (unpaired) electrons. The van der Waals surface area contributed by atoms with Gasteiger partial charge in [0.2, 0.25) is 5.91 Å². The molecule has 0 unspecified atom stereocenters. The molecule has 24 heavy (non-hydrogen) atoms. The monoisotopic (exact) mass is 323 g/mol. The summed E-state index contributed by atoms with van der Waals surface area (Å²) in [5, 5.41) is 0. The second-order valence-corrected chi connectivity index (χ2v) is 6.64. The molecular weight excluding hydrogens is 298 g/mol. The van der Waals surface area contributed by atoms with Crippen molar-refractivity contribution in [2.24, 2.45) is 5.73 Å². The molecule has 1 aliphatic rings. The van der Waals surface area contributed by atoms with E-state index in [0.717, 1.165) is 49.4 Å². The van der Waals surface area contributed by atoms with Crippen LogP contribution in [0.3, 0.4) is 0 Å². The molecule has 0 bridgehead atoms. The number of carbonyl (C=O) groups excluding carboxylic acids is 1. The van der Waals surface area contributed by atoms with Crippen molar-refractivity contribution in [2.45, 2.75) is 13.5 Å². The van der Waals surface area contributed by atoms with E-state index in [1.165, 1.54) is 5.56 Å². The quantitative estimate of drug-likeness (QED) is 0.940. The lowest BCUT2D eigenvalue weighted by Gasteiger charge is -2.33. The van der Waals surface area contributed by atoms with Crippen LogP contribution >= 0.6 is 0 Å². The van der Waals surface area contributed by atoms with Crippen LogP contribution in [0.5, 0.6) is 0 Å². The number of aryl methyl sites for hydroxylation is 1. The lowest BCUT2D eigenvalue weighted by Crippen LogP contribution is -2.44. The molecule has 1 amide bonds. The Kier molecular flexibility index (Phi) is 4.97. The Hall–Kier alpha value is -2.17. The molecule has 0 saturated carbocycles. The maximum absolute atomic E-state index is 11.9. The highest BCUT2D eigenvalue weighted by Gasteiger charge is 2.19. The van der Waals surface area contributed by atoms with Gasteiger partial charge >= 0.3 is 0 Å². The van der Waals surface area contributed by atoms with Gasteiger partial charge in [-0.05, 0) is 36.7 Å². The van der Waals surface area contributed by atoms with E-state index in [-0.39, 0.29) is 5.91 Å². The fourth-order valence-electron chi connectivity index (χ4n) is 3.22. The zero-order chi connectivity index (χ0) is 17.1. The van der Waals surface area contributed by atoms with Crippen LogP contribution in [0.4, 0.5) is 0 Å². The predicted molar refractivity (Wildman–Crippen MR) is 97.9 cm³/mol. The Labute approximate surface area is 143 Å². The fraction of sp³-hybridized carbons (Fsp3) is 0.350. The Bertz CT molecular complexity index is 716. The molecule has 3 rings (SSSR count). The molecule has 0 aromatic heterocycles. The third kappa shape index (κ3) is 3.66. The van der Waals surface area contributed by atoms with Crippen molar-refractivity contribution in [3.63, 3.8) is 0 Å². The van der Waals surface area contributed by atoms with E-state index < -0.39 is 0 Å². The van der Waals surface area contributed by atoms with Gasteiger partial charge in [-0.25, -0.2) is 0 Å². The van der Waals surface area contributed by atoms with Crippen LogP contribution in [0, 0.1) is 6.92 Å². The third-order valence-electron chi connectivity index (χ3n) is 4.78. The van der Waals surface area contributed by atoms with E-state index in [9.17, 15) is 4.79 Å². The van der Waals surface area contributed by atoms with Gasteiger partial charge in [0.05, 0.1) is 0 Å². The Balaban J connectivity index is 1.98. The molecule has 2 N–H and O–H groups in total. The summed E-state index contributed by atoms with van der Waals surface area (Å²) in [5.41, 5.74) is 10.8. The maximum Gasteiger partial charge on any atom is 0.249 e. The normalized spacial score (nSPS) is 16.2. The highest BCUT2D eigenvalue weighted by molar-refractivity contribution is 5.96. The first-order valence-corrected chi connectivity index (χ1v) is 8.44. The van der Waals surface area contributed by atoms with Crippen molar-refractivity contribution in [3.8, 4) is 11.1 Å². The van der Waals surface area contributed by atoms with Crippen LogP contribution in [0.25, 0.3) is 11.1 Å². The average Bonchev–Trinajstić information content (AvgIpc) is 2.58. The van der Waals surface area contributed by atoms with Gasteiger partial charge in [-0.15, -0.1) is 0 Å². The molecule has 126 valence electrons. The Morgan fingerprint density at radius 1 is 1.04 bits per heavy atom. The van der Waals surface area contributed by atoms with Gasteiger partial charge < -0.3 is 10.6 Å². The Morgan fingerprint density at radius 2 is 1.71 bits per heavy atom. The number of rotatable bonds is 4. The first kappa shape index (κ1) is 16.7. The van der Waals surface area contributed by atoms with Crippen LogP contribution in [0.2, 0.25) is 0 Å². The minimum Gasteiger partial charge on any atom is -0.366 e. The van der Waals surface area contributed by atoms with Crippen LogP contribution in [-0.4, -0.2) is 48.9 Å². The number of hydrogen-bond acceptors (Lipinski definition) is 3. The van der Waals surface area contributed by atoms with Gasteiger partial charge in [-0.1, -0.05) is 42.0 Å². The summed E-state index contributed by atoms with van der Waals surface area (Å²) < 4.78 is 0. The summed E-state index contributed by atoms with van der Waals surface area (Å²) in [4.78, 5) is 16.7. The smallest absolute Gasteiger partial charge is 0.249 e. The first-order chi connectivity index (χ1) is 11.5. The third-order valence-corrected chi connectivity index (χ3v) is 4.78. The van der Waals surface area contributed by atoms with Crippen molar-refractivity contribution in [1.82, 2.24) is 9.80 Å². The van der Waals surface area contributed by atoms with Gasteiger partial charge in [-0.3, -0.25) is 9.69 Å². The highest BCUT2D eigenvalue weighted by atomic mass is 16.1. The van der Waals surface area contributed by atoms with Crippen molar-refractivity contribution in [1.29, 1.82) is 0 Å². The number of primary amides is 1. The van der Waals surface area contributed by atoms with Gasteiger partial charge in [0, 0.05) is 38.3 Å². The lowest BCUT2D eigenvalue weighted by molar-refractivity contribution is 0.0996. The molecule has 1 fully saturated rings. The van der Waals surface area contributed by atoms with Crippen LogP contribution in [0.1, 0.15) is 21.5 Å². The minimum atomic E-state index is -0.354. The van der Waals surface area contributed by atoms with Crippen molar-refractivity contribution in [2.75, 3.05) is 33.2 Å². The summed E-state index contributed by atoms with van der Waals surface area (Å²) in [7, 11) is 2.15. The summed E-state index contributed by atoms with van der Waals surface area (Å²) in [5.74, 6) is -0.354. The molecule has 1 saturated heterocycles. The van der Waals surface area contributed by atoms with E-state index in [2.05, 4.69) is 54.1 Å². The van der Waals surface area contributed by atoms with Gasteiger partial charge in [-0.2, -0.15) is 0 Å². The second-order valence-electron chi connectivity index (χ2n) is 6.64. The molecule has 2 aromatic rings. The van der Waals surface area contributed by atoms with E-state index in [0.29, 0.717) is 5.56 Å². The van der Waals surface area contributed by atoms with Crippen LogP contribution < -0.4 is 5.73 Å². The number of hydrogen-bond donors (Lipinski definition) is 1. The zero-order valence-electron chi connectivity index (χ0n) is 14.5. The average molecular weight is 323 g/mol. The van der Waals surface area contributed by atoms with Gasteiger partial charge in [0.1, 0.15) is 0 Å². The van der Waals surface area contributed by atoms with E-state index in [4.69, 9.17) is 5.73 Å². The van der Waals surface area contributed by atoms with Crippen LogP contribution in [-0.2, 0) is 6.54 Å². The Morgan fingerprint density at radius 3 is 2.33 bits per heavy atom. The maximum atomic E-state index is 11.9. The summed E-state index contributed by atoms with van der Waals surface area (Å²) in [6.45, 7) is 6.97. The molecule has 1 heterocycles. The highest BCUT2D eigenvalue weighted by Crippen LogP contribution is 2.28. The van der Waals surface area contributed by atoms with Gasteiger partial charge in [0.15, 0.2) is 0 Å². The summed E-state index contributed by atoms with van der Waals surface area (Å²) in [6.07, 6.45) is 0. The number of nitrogens with two attached hydrogens (primary N) is 1. The molecule has 0 aliphatic carbocycles. The molecular formula is C20H25N3O. The molecule has 4 nitrogen and oxygen atoms in total. The minimum absolute atomic E-state index is 0.354. The van der Waals surface area contributed by atoms with Crippen molar-refractivity contribution < 1.29 is 4.79 Å². The second kappa shape index (κ2) is 7.16. The fourth-order valence-corrected chi connectivity index (χ4v) is 3.22. The van der Waals surface area contributed by atoms with Gasteiger partial charge in [0.25, 0.3) is 0 Å². The lowest BCUT2D eigenvalue weighted by atomic mass is 9.94. The number of nitrogens with zero attached hydrogens (tertiary/aromatic N) is 2. The number of benzene rings is 2. The molecule has 0 spiro atoms. The summed E-state index contributed by atoms with van der Waals surface area (Å²) >= 11 is 0. The molecule has 0 atom stereocenters. The van der Waals surface area contributed by atoms with E-state index in [1.807, 2.05) is 12.1 Å².